The molecule has 0 unspecified atom stereocenters. The van der Waals surface area contributed by atoms with Crippen molar-refractivity contribution in [2.45, 2.75) is 4.90 Å². The molecule has 0 aromatic heterocycles. The Morgan fingerprint density at radius 1 is 0.826 bits per heavy atom. The molecule has 2 rings (SSSR count). The Balaban J connectivity index is 2.39. The van der Waals surface area contributed by atoms with Gasteiger partial charge in [0.2, 0.25) is 0 Å². The van der Waals surface area contributed by atoms with Gasteiger partial charge in [0.25, 0.3) is 10.0 Å². The van der Waals surface area contributed by atoms with Crippen LogP contribution in [-0.4, -0.2) is 36.8 Å². The summed E-state index contributed by atoms with van der Waals surface area (Å²) in [6.45, 7) is 0. The third-order valence-electron chi connectivity index (χ3n) is 3.45. The number of methoxy groups -OCH3 is 3. The van der Waals surface area contributed by atoms with Crippen molar-refractivity contribution in [1.29, 1.82) is 0 Å². The van der Waals surface area contributed by atoms with Crippen LogP contribution in [0.25, 0.3) is 0 Å². The second kappa shape index (κ2) is 6.78. The number of sulfonamides is 1. The lowest BCUT2D eigenvalue weighted by atomic mass is 10.3. The molecule has 124 valence electrons. The number of hydrogen-bond donors (Lipinski definition) is 0. The molecule has 0 aliphatic heterocycles. The van der Waals surface area contributed by atoms with Crippen molar-refractivity contribution in [1.82, 2.24) is 0 Å². The summed E-state index contributed by atoms with van der Waals surface area (Å²) >= 11 is 0. The van der Waals surface area contributed by atoms with Gasteiger partial charge in [-0.25, -0.2) is 8.42 Å². The minimum absolute atomic E-state index is 0.176. The van der Waals surface area contributed by atoms with E-state index in [0.29, 0.717) is 22.9 Å². The molecule has 0 N–H and O–H groups in total. The van der Waals surface area contributed by atoms with Crippen LogP contribution in [-0.2, 0) is 10.0 Å². The first-order valence-electron chi connectivity index (χ1n) is 6.79. The van der Waals surface area contributed by atoms with E-state index in [1.165, 1.54) is 44.8 Å². The number of hydrogen-bond acceptors (Lipinski definition) is 5. The standard InChI is InChI=1S/C16H19NO5S/c1-17(12-5-10-15(21-3)16(11-12)22-4)23(18,19)14-8-6-13(20-2)7-9-14/h5-11H,1-4H3. The van der Waals surface area contributed by atoms with Gasteiger partial charge in [-0.15, -0.1) is 0 Å². The molecule has 0 saturated carbocycles. The zero-order valence-corrected chi connectivity index (χ0v) is 14.3. The molecule has 6 nitrogen and oxygen atoms in total. The average Bonchev–Trinajstić information content (AvgIpc) is 2.60. The van der Waals surface area contributed by atoms with E-state index in [-0.39, 0.29) is 4.90 Å². The SMILES string of the molecule is COc1ccc(S(=O)(=O)N(C)c2ccc(OC)c(OC)c2)cc1. The van der Waals surface area contributed by atoms with Crippen LogP contribution in [0, 0.1) is 0 Å². The molecule has 2 aromatic carbocycles. The summed E-state index contributed by atoms with van der Waals surface area (Å²) in [7, 11) is 2.36. The minimum atomic E-state index is -3.68. The first kappa shape index (κ1) is 17.0. The zero-order valence-electron chi connectivity index (χ0n) is 13.4. The Kier molecular flexibility index (Phi) is 5.00. The predicted octanol–water partition coefficient (Wildman–Crippen LogP) is 2.54. The van der Waals surface area contributed by atoms with Crippen LogP contribution >= 0.6 is 0 Å². The van der Waals surface area contributed by atoms with Gasteiger partial charge in [0.1, 0.15) is 5.75 Å². The molecule has 2 aromatic rings. The number of ether oxygens (including phenoxy) is 3. The quantitative estimate of drug-likeness (QED) is 0.810. The fourth-order valence-electron chi connectivity index (χ4n) is 2.07. The average molecular weight is 337 g/mol. The molecule has 0 aliphatic rings. The highest BCUT2D eigenvalue weighted by Crippen LogP contribution is 2.33. The summed E-state index contributed by atoms with van der Waals surface area (Å²) in [5.41, 5.74) is 0.471. The molecular weight excluding hydrogens is 318 g/mol. The van der Waals surface area contributed by atoms with Crippen LogP contribution in [0.4, 0.5) is 5.69 Å². The normalized spacial score (nSPS) is 11.0. The monoisotopic (exact) mass is 337 g/mol. The van der Waals surface area contributed by atoms with Gasteiger partial charge in [-0.3, -0.25) is 4.31 Å². The van der Waals surface area contributed by atoms with Crippen LogP contribution in [0.15, 0.2) is 47.4 Å². The third-order valence-corrected chi connectivity index (χ3v) is 5.25. The fraction of sp³-hybridized carbons (Fsp3) is 0.250. The van der Waals surface area contributed by atoms with Gasteiger partial charge in [0.05, 0.1) is 31.9 Å². The van der Waals surface area contributed by atoms with Gasteiger partial charge in [-0.2, -0.15) is 0 Å². The van der Waals surface area contributed by atoms with E-state index in [1.54, 1.807) is 30.3 Å². The van der Waals surface area contributed by atoms with E-state index in [9.17, 15) is 8.42 Å². The number of benzene rings is 2. The van der Waals surface area contributed by atoms with Crippen molar-refractivity contribution in [3.05, 3.63) is 42.5 Å². The summed E-state index contributed by atoms with van der Waals surface area (Å²) in [4.78, 5) is 0.176. The lowest BCUT2D eigenvalue weighted by Crippen LogP contribution is -2.26. The second-order valence-corrected chi connectivity index (χ2v) is 6.66. The van der Waals surface area contributed by atoms with Crippen molar-refractivity contribution in [3.63, 3.8) is 0 Å². The Morgan fingerprint density at radius 2 is 1.43 bits per heavy atom. The third kappa shape index (κ3) is 3.34. The van der Waals surface area contributed by atoms with E-state index < -0.39 is 10.0 Å². The summed E-state index contributed by atoms with van der Waals surface area (Å²) in [6.07, 6.45) is 0. The molecule has 0 bridgehead atoms. The fourth-order valence-corrected chi connectivity index (χ4v) is 3.25. The van der Waals surface area contributed by atoms with E-state index in [4.69, 9.17) is 14.2 Å². The summed E-state index contributed by atoms with van der Waals surface area (Å²) in [5.74, 6) is 1.59. The molecule has 7 heteroatoms. The van der Waals surface area contributed by atoms with Crippen LogP contribution in [0.5, 0.6) is 17.2 Å². The number of rotatable bonds is 6. The predicted molar refractivity (Wildman–Crippen MR) is 88.1 cm³/mol. The lowest BCUT2D eigenvalue weighted by Gasteiger charge is -2.21. The van der Waals surface area contributed by atoms with Crippen LogP contribution in [0.2, 0.25) is 0 Å². The second-order valence-electron chi connectivity index (χ2n) is 4.69. The van der Waals surface area contributed by atoms with Gasteiger partial charge in [-0.1, -0.05) is 0 Å². The van der Waals surface area contributed by atoms with Crippen LogP contribution < -0.4 is 18.5 Å². The van der Waals surface area contributed by atoms with Crippen molar-refractivity contribution in [2.24, 2.45) is 0 Å². The molecular formula is C16H19NO5S. The summed E-state index contributed by atoms with van der Waals surface area (Å²) in [6, 6.07) is 11.2. The Hall–Kier alpha value is -2.41. The van der Waals surface area contributed by atoms with Gasteiger partial charge in [-0.05, 0) is 36.4 Å². The first-order valence-corrected chi connectivity index (χ1v) is 8.23. The highest BCUT2D eigenvalue weighted by atomic mass is 32.2. The van der Waals surface area contributed by atoms with Gasteiger partial charge >= 0.3 is 0 Å². The topological polar surface area (TPSA) is 65.1 Å². The Bertz CT molecular complexity index is 772. The lowest BCUT2D eigenvalue weighted by molar-refractivity contribution is 0.355. The molecule has 0 atom stereocenters. The molecule has 0 radical (unpaired) electrons. The molecule has 0 saturated heterocycles. The van der Waals surface area contributed by atoms with Gasteiger partial charge < -0.3 is 14.2 Å². The molecule has 0 aliphatic carbocycles. The van der Waals surface area contributed by atoms with Crippen LogP contribution in [0.3, 0.4) is 0 Å². The zero-order chi connectivity index (χ0) is 17.0. The first-order chi connectivity index (χ1) is 10.9. The van der Waals surface area contributed by atoms with Crippen molar-refractivity contribution in [2.75, 3.05) is 32.7 Å². The highest BCUT2D eigenvalue weighted by molar-refractivity contribution is 7.92. The molecule has 23 heavy (non-hydrogen) atoms. The van der Waals surface area contributed by atoms with Crippen LogP contribution in [0.1, 0.15) is 0 Å². The molecule has 0 fully saturated rings. The highest BCUT2D eigenvalue weighted by Gasteiger charge is 2.22. The maximum Gasteiger partial charge on any atom is 0.264 e. The van der Waals surface area contributed by atoms with E-state index in [2.05, 4.69) is 0 Å². The summed E-state index contributed by atoms with van der Waals surface area (Å²) < 4.78 is 42.0. The maximum absolute atomic E-state index is 12.7. The molecule has 0 spiro atoms. The van der Waals surface area contributed by atoms with E-state index >= 15 is 0 Å². The van der Waals surface area contributed by atoms with Gasteiger partial charge in [0, 0.05) is 13.1 Å². The smallest absolute Gasteiger partial charge is 0.264 e. The van der Waals surface area contributed by atoms with E-state index in [0.717, 1.165) is 0 Å². The molecule has 0 amide bonds. The Morgan fingerprint density at radius 3 is 1.96 bits per heavy atom. The van der Waals surface area contributed by atoms with Crippen molar-refractivity contribution < 1.29 is 22.6 Å². The van der Waals surface area contributed by atoms with Crippen molar-refractivity contribution >= 4 is 15.7 Å². The van der Waals surface area contributed by atoms with Gasteiger partial charge in [0.15, 0.2) is 11.5 Å². The largest absolute Gasteiger partial charge is 0.497 e. The van der Waals surface area contributed by atoms with Crippen molar-refractivity contribution in [3.8, 4) is 17.2 Å². The minimum Gasteiger partial charge on any atom is -0.497 e. The summed E-state index contributed by atoms with van der Waals surface area (Å²) in [5, 5.41) is 0. The number of anilines is 1. The molecule has 0 heterocycles. The number of nitrogens with zero attached hydrogens (tertiary/aromatic N) is 1. The van der Waals surface area contributed by atoms with E-state index in [1.807, 2.05) is 0 Å². The Labute approximate surface area is 136 Å². The maximum atomic E-state index is 12.7.